The molecule has 5 amide bonds. The summed E-state index contributed by atoms with van der Waals surface area (Å²) in [5.41, 5.74) is 21.9. The molecular weight excluding hydrogens is 502 g/mol. The second kappa shape index (κ2) is 15.8. The van der Waals surface area contributed by atoms with Crippen LogP contribution >= 0.6 is 0 Å². The number of aliphatic carboxylic acids is 1. The molecule has 4 atom stereocenters. The van der Waals surface area contributed by atoms with Crippen LogP contribution in [0, 0.1) is 0 Å². The summed E-state index contributed by atoms with van der Waals surface area (Å²) >= 11 is 0. The summed E-state index contributed by atoms with van der Waals surface area (Å²) in [5, 5.41) is 25.9. The summed E-state index contributed by atoms with van der Waals surface area (Å²) in [6.45, 7) is 0.313. The molecule has 0 aliphatic rings. The molecule has 15 nitrogen and oxygen atoms in total. The molecule has 4 unspecified atom stereocenters. The number of aromatic hydroxyl groups is 1. The fraction of sp³-hybridized carbons (Fsp3) is 0.478. The molecule has 0 bridgehead atoms. The minimum atomic E-state index is -1.56. The minimum absolute atomic E-state index is 0.0300. The maximum Gasteiger partial charge on any atom is 0.326 e. The van der Waals surface area contributed by atoms with Crippen molar-refractivity contribution >= 4 is 35.5 Å². The van der Waals surface area contributed by atoms with E-state index in [0.29, 0.717) is 24.9 Å². The van der Waals surface area contributed by atoms with Crippen LogP contribution in [0.15, 0.2) is 24.3 Å². The summed E-state index contributed by atoms with van der Waals surface area (Å²) in [4.78, 5) is 72.6. The lowest BCUT2D eigenvalue weighted by molar-refractivity contribution is -0.142. The van der Waals surface area contributed by atoms with Gasteiger partial charge in [-0.05, 0) is 43.5 Å². The first-order valence-electron chi connectivity index (χ1n) is 11.8. The molecule has 15 heteroatoms. The second-order valence-electron chi connectivity index (χ2n) is 8.62. The average molecular weight is 538 g/mol. The number of phenolic OH excluding ortho intramolecular Hbond substituents is 1. The predicted octanol–water partition coefficient (Wildman–Crippen LogP) is -3.32. The predicted molar refractivity (Wildman–Crippen MR) is 134 cm³/mol. The van der Waals surface area contributed by atoms with Gasteiger partial charge in [-0.15, -0.1) is 0 Å². The van der Waals surface area contributed by atoms with E-state index in [0.717, 1.165) is 0 Å². The molecule has 0 aliphatic heterocycles. The van der Waals surface area contributed by atoms with Gasteiger partial charge in [-0.3, -0.25) is 24.0 Å². The Hall–Kier alpha value is -4.24. The number of nitrogens with one attached hydrogen (secondary N) is 3. The molecule has 0 fully saturated rings. The van der Waals surface area contributed by atoms with Crippen molar-refractivity contribution in [1.82, 2.24) is 16.0 Å². The van der Waals surface area contributed by atoms with Crippen molar-refractivity contribution in [3.05, 3.63) is 29.8 Å². The third-order valence-electron chi connectivity index (χ3n) is 5.37. The van der Waals surface area contributed by atoms with Crippen LogP contribution in [0.4, 0.5) is 0 Å². The van der Waals surface area contributed by atoms with Gasteiger partial charge in [0, 0.05) is 6.42 Å². The standard InChI is InChI=1S/C23H35N7O8/c24-8-2-1-3-15(28-20(34)14(25)10-18(26)32)21(35)29-16(11-19(27)33)22(36)30-17(23(37)38)9-12-4-6-13(31)7-5-12/h4-7,14-17,31H,1-3,8-11,24-25H2,(H2,26,32)(H2,27,33)(H,28,34)(H,29,35)(H,30,36)(H,37,38). The van der Waals surface area contributed by atoms with Crippen LogP contribution in [-0.2, 0) is 35.2 Å². The Balaban J connectivity index is 3.03. The van der Waals surface area contributed by atoms with Gasteiger partial charge in [0.1, 0.15) is 23.9 Å². The molecule has 1 aromatic carbocycles. The van der Waals surface area contributed by atoms with Gasteiger partial charge in [0.15, 0.2) is 0 Å². The Morgan fingerprint density at radius 2 is 1.29 bits per heavy atom. The first-order chi connectivity index (χ1) is 17.8. The average Bonchev–Trinajstić information content (AvgIpc) is 2.82. The monoisotopic (exact) mass is 537 g/mol. The van der Waals surface area contributed by atoms with Crippen molar-refractivity contribution < 1.29 is 39.0 Å². The smallest absolute Gasteiger partial charge is 0.326 e. The number of carboxylic acid groups (broad SMARTS) is 1. The van der Waals surface area contributed by atoms with Crippen molar-refractivity contribution in [2.75, 3.05) is 6.54 Å². The van der Waals surface area contributed by atoms with Crippen LogP contribution in [0.2, 0.25) is 0 Å². The quantitative estimate of drug-likeness (QED) is 0.0891. The number of unbranched alkanes of at least 4 members (excludes halogenated alkanes) is 1. The van der Waals surface area contributed by atoms with Gasteiger partial charge in [-0.25, -0.2) is 4.79 Å². The SMILES string of the molecule is NCCCCC(NC(=O)C(N)CC(N)=O)C(=O)NC(CC(N)=O)C(=O)NC(Cc1ccc(O)cc1)C(=O)O. The number of carbonyl (C=O) groups is 6. The number of hydrogen-bond donors (Lipinski definition) is 9. The van der Waals surface area contributed by atoms with Crippen molar-refractivity contribution in [2.45, 2.75) is 62.7 Å². The van der Waals surface area contributed by atoms with Gasteiger partial charge < -0.3 is 49.1 Å². The van der Waals surface area contributed by atoms with Crippen molar-refractivity contribution in [1.29, 1.82) is 0 Å². The highest BCUT2D eigenvalue weighted by molar-refractivity contribution is 5.96. The number of carboxylic acids is 1. The normalized spacial score (nSPS) is 13.8. The molecular formula is C23H35N7O8. The highest BCUT2D eigenvalue weighted by Crippen LogP contribution is 2.12. The highest BCUT2D eigenvalue weighted by Gasteiger charge is 2.31. The summed E-state index contributed by atoms with van der Waals surface area (Å²) in [6, 6.07) is 0.0963. The van der Waals surface area contributed by atoms with Crippen LogP contribution in [0.1, 0.15) is 37.7 Å². The molecule has 0 spiro atoms. The minimum Gasteiger partial charge on any atom is -0.508 e. The molecule has 0 aromatic heterocycles. The number of benzene rings is 1. The zero-order chi connectivity index (χ0) is 28.8. The van der Waals surface area contributed by atoms with E-state index in [1.807, 2.05) is 0 Å². The molecule has 0 heterocycles. The maximum atomic E-state index is 13.0. The van der Waals surface area contributed by atoms with E-state index in [9.17, 15) is 39.0 Å². The Kier molecular flexibility index (Phi) is 13.2. The molecule has 0 radical (unpaired) electrons. The number of phenols is 1. The Labute approximate surface area is 218 Å². The number of primary amides is 2. The van der Waals surface area contributed by atoms with E-state index < -0.39 is 72.5 Å². The lowest BCUT2D eigenvalue weighted by Gasteiger charge is -2.24. The number of nitrogens with two attached hydrogens (primary N) is 4. The Bertz CT molecular complexity index is 1000. The van der Waals surface area contributed by atoms with Gasteiger partial charge in [0.05, 0.1) is 18.9 Å². The van der Waals surface area contributed by atoms with Gasteiger partial charge >= 0.3 is 5.97 Å². The van der Waals surface area contributed by atoms with Crippen molar-refractivity contribution in [3.8, 4) is 5.75 Å². The van der Waals surface area contributed by atoms with Gasteiger partial charge in [-0.2, -0.15) is 0 Å². The fourth-order valence-electron chi connectivity index (χ4n) is 3.37. The first kappa shape index (κ1) is 31.8. The van der Waals surface area contributed by atoms with E-state index in [-0.39, 0.29) is 18.6 Å². The van der Waals surface area contributed by atoms with Crippen LogP contribution in [-0.4, -0.2) is 76.4 Å². The van der Waals surface area contributed by atoms with E-state index >= 15 is 0 Å². The maximum absolute atomic E-state index is 13.0. The largest absolute Gasteiger partial charge is 0.508 e. The Morgan fingerprint density at radius 3 is 1.82 bits per heavy atom. The van der Waals surface area contributed by atoms with Crippen LogP contribution in [0.25, 0.3) is 0 Å². The zero-order valence-corrected chi connectivity index (χ0v) is 20.7. The van der Waals surface area contributed by atoms with Gasteiger partial charge in [0.2, 0.25) is 29.5 Å². The van der Waals surface area contributed by atoms with Crippen molar-refractivity contribution in [3.63, 3.8) is 0 Å². The summed E-state index contributed by atoms with van der Waals surface area (Å²) < 4.78 is 0. The number of amides is 5. The fourth-order valence-corrected chi connectivity index (χ4v) is 3.37. The molecule has 38 heavy (non-hydrogen) atoms. The molecule has 0 saturated heterocycles. The summed E-state index contributed by atoms with van der Waals surface area (Å²) in [5.74, 6) is -5.90. The number of rotatable bonds is 17. The Morgan fingerprint density at radius 1 is 0.763 bits per heavy atom. The van der Waals surface area contributed by atoms with Crippen LogP contribution < -0.4 is 38.9 Å². The molecule has 0 aliphatic carbocycles. The van der Waals surface area contributed by atoms with Crippen LogP contribution in [0.3, 0.4) is 0 Å². The number of hydrogen-bond acceptors (Lipinski definition) is 9. The topological polar surface area (TPSA) is 283 Å². The molecule has 1 aromatic rings. The van der Waals surface area contributed by atoms with E-state index in [4.69, 9.17) is 22.9 Å². The van der Waals surface area contributed by atoms with E-state index in [1.54, 1.807) is 0 Å². The summed E-state index contributed by atoms with van der Waals surface area (Å²) in [7, 11) is 0. The van der Waals surface area contributed by atoms with Crippen molar-refractivity contribution in [2.24, 2.45) is 22.9 Å². The molecule has 0 saturated carbocycles. The van der Waals surface area contributed by atoms with E-state index in [1.165, 1.54) is 24.3 Å². The third-order valence-corrected chi connectivity index (χ3v) is 5.37. The van der Waals surface area contributed by atoms with Crippen LogP contribution in [0.5, 0.6) is 5.75 Å². The molecule has 1 rings (SSSR count). The second-order valence-corrected chi connectivity index (χ2v) is 8.62. The number of carbonyl (C=O) groups excluding carboxylic acids is 5. The van der Waals surface area contributed by atoms with Gasteiger partial charge in [0.25, 0.3) is 0 Å². The first-order valence-corrected chi connectivity index (χ1v) is 11.8. The highest BCUT2D eigenvalue weighted by atomic mass is 16.4. The lowest BCUT2D eigenvalue weighted by atomic mass is 10.0. The molecule has 210 valence electrons. The zero-order valence-electron chi connectivity index (χ0n) is 20.7. The third kappa shape index (κ3) is 11.7. The summed E-state index contributed by atoms with van der Waals surface area (Å²) in [6.07, 6.45) is -0.285. The van der Waals surface area contributed by atoms with E-state index in [2.05, 4.69) is 16.0 Å². The van der Waals surface area contributed by atoms with Gasteiger partial charge in [-0.1, -0.05) is 12.1 Å². The lowest BCUT2D eigenvalue weighted by Crippen LogP contribution is -2.58. The molecule has 13 N–H and O–H groups in total.